The third-order valence-electron chi connectivity index (χ3n) is 4.68. The number of ether oxygens (including phenoxy) is 1. The lowest BCUT2D eigenvalue weighted by atomic mass is 9.95. The molecule has 7 nitrogen and oxygen atoms in total. The summed E-state index contributed by atoms with van der Waals surface area (Å²) in [6, 6.07) is 8.01. The first-order valence-electron chi connectivity index (χ1n) is 8.73. The van der Waals surface area contributed by atoms with Crippen molar-refractivity contribution in [3.63, 3.8) is 0 Å². The maximum atomic E-state index is 12.6. The van der Waals surface area contributed by atoms with Crippen LogP contribution in [-0.2, 0) is 22.4 Å². The molecule has 2 N–H and O–H groups in total. The lowest BCUT2D eigenvalue weighted by Crippen LogP contribution is -2.38. The molecule has 1 aliphatic rings. The lowest BCUT2D eigenvalue weighted by molar-refractivity contribution is -0.148. The van der Waals surface area contributed by atoms with E-state index in [9.17, 15) is 9.59 Å². The molecule has 138 valence electrons. The Morgan fingerprint density at radius 1 is 1.27 bits per heavy atom. The number of fused-ring (bicyclic) bond motifs is 1. The summed E-state index contributed by atoms with van der Waals surface area (Å²) in [6.45, 7) is 1.92. The van der Waals surface area contributed by atoms with E-state index in [0.29, 0.717) is 5.69 Å². The molecular formula is C19H23N3O4. The zero-order valence-electron chi connectivity index (χ0n) is 15.0. The summed E-state index contributed by atoms with van der Waals surface area (Å²) in [7, 11) is 1.30. The topological polar surface area (TPSA) is 93.5 Å². The van der Waals surface area contributed by atoms with Crippen LogP contribution in [0.1, 0.15) is 40.2 Å². The number of nitrogens with one attached hydrogen (secondary N) is 1. The third kappa shape index (κ3) is 3.62. The van der Waals surface area contributed by atoms with Gasteiger partial charge in [0.1, 0.15) is 0 Å². The number of carboxylic acids is 1. The summed E-state index contributed by atoms with van der Waals surface area (Å²) in [5.41, 5.74) is 4.48. The van der Waals surface area contributed by atoms with Gasteiger partial charge in [0.05, 0.1) is 12.2 Å². The number of methoxy groups -OCH3 is 1. The quantitative estimate of drug-likeness (QED) is 0.823. The van der Waals surface area contributed by atoms with Crippen molar-refractivity contribution in [2.75, 3.05) is 13.7 Å². The number of aryl methyl sites for hydroxylation is 1. The van der Waals surface area contributed by atoms with E-state index < -0.39 is 12.1 Å². The van der Waals surface area contributed by atoms with Crippen molar-refractivity contribution in [2.24, 2.45) is 0 Å². The third-order valence-corrected chi connectivity index (χ3v) is 4.68. The number of amides is 1. The number of hydrogen-bond donors (Lipinski definition) is 2. The molecule has 0 aliphatic heterocycles. The van der Waals surface area contributed by atoms with E-state index in [2.05, 4.69) is 10.4 Å². The van der Waals surface area contributed by atoms with Gasteiger partial charge in [0.2, 0.25) is 0 Å². The molecule has 1 aliphatic carbocycles. The molecule has 0 spiro atoms. The van der Waals surface area contributed by atoms with Gasteiger partial charge >= 0.3 is 5.97 Å². The molecule has 1 atom stereocenters. The Morgan fingerprint density at radius 2 is 1.96 bits per heavy atom. The molecule has 0 saturated carbocycles. The van der Waals surface area contributed by atoms with Crippen LogP contribution in [0.4, 0.5) is 0 Å². The van der Waals surface area contributed by atoms with Crippen LogP contribution in [-0.4, -0.2) is 46.5 Å². The highest BCUT2D eigenvalue weighted by molar-refractivity contribution is 5.94. The maximum Gasteiger partial charge on any atom is 0.334 e. The fourth-order valence-electron chi connectivity index (χ4n) is 3.22. The maximum absolute atomic E-state index is 12.6. The summed E-state index contributed by atoms with van der Waals surface area (Å²) in [6.07, 6.45) is 2.68. The SMILES string of the molecule is COC(CNC(=O)c1nn(-c2ccc(C)cc2)c2c1CCCC2)C(=O)O. The monoisotopic (exact) mass is 357 g/mol. The van der Waals surface area contributed by atoms with Crippen LogP contribution in [0.25, 0.3) is 5.69 Å². The van der Waals surface area contributed by atoms with Crippen LogP contribution in [0.3, 0.4) is 0 Å². The van der Waals surface area contributed by atoms with Crippen molar-refractivity contribution >= 4 is 11.9 Å². The predicted octanol–water partition coefficient (Wildman–Crippen LogP) is 1.89. The minimum atomic E-state index is -1.11. The van der Waals surface area contributed by atoms with Crippen molar-refractivity contribution in [1.82, 2.24) is 15.1 Å². The largest absolute Gasteiger partial charge is 0.479 e. The van der Waals surface area contributed by atoms with Crippen LogP contribution in [0.5, 0.6) is 0 Å². The Morgan fingerprint density at radius 3 is 2.62 bits per heavy atom. The van der Waals surface area contributed by atoms with Gasteiger partial charge in [-0.1, -0.05) is 17.7 Å². The van der Waals surface area contributed by atoms with E-state index >= 15 is 0 Å². The van der Waals surface area contributed by atoms with E-state index in [1.54, 1.807) is 0 Å². The highest BCUT2D eigenvalue weighted by atomic mass is 16.5. The Balaban J connectivity index is 1.89. The van der Waals surface area contributed by atoms with E-state index in [4.69, 9.17) is 9.84 Å². The Hall–Kier alpha value is -2.67. The Bertz CT molecular complexity index is 811. The van der Waals surface area contributed by atoms with E-state index in [1.165, 1.54) is 7.11 Å². The second-order valence-electron chi connectivity index (χ2n) is 6.50. The number of carbonyl (C=O) groups excluding carboxylic acids is 1. The molecule has 1 heterocycles. The van der Waals surface area contributed by atoms with Crippen molar-refractivity contribution in [2.45, 2.75) is 38.7 Å². The molecule has 1 aromatic carbocycles. The molecule has 0 fully saturated rings. The van der Waals surface area contributed by atoms with Gasteiger partial charge in [-0.05, 0) is 44.7 Å². The number of aromatic nitrogens is 2. The van der Waals surface area contributed by atoms with Crippen LogP contribution >= 0.6 is 0 Å². The zero-order chi connectivity index (χ0) is 18.7. The first kappa shape index (κ1) is 18.1. The van der Waals surface area contributed by atoms with Crippen LogP contribution in [0, 0.1) is 6.92 Å². The number of benzene rings is 1. The predicted molar refractivity (Wildman–Crippen MR) is 95.7 cm³/mol. The zero-order valence-corrected chi connectivity index (χ0v) is 15.0. The minimum Gasteiger partial charge on any atom is -0.479 e. The van der Waals surface area contributed by atoms with Gasteiger partial charge in [0, 0.05) is 18.4 Å². The normalized spacial score (nSPS) is 14.5. The summed E-state index contributed by atoms with van der Waals surface area (Å²) in [4.78, 5) is 23.7. The molecule has 0 radical (unpaired) electrons. The summed E-state index contributed by atoms with van der Waals surface area (Å²) in [5, 5.41) is 16.2. The van der Waals surface area contributed by atoms with Crippen molar-refractivity contribution in [1.29, 1.82) is 0 Å². The second-order valence-corrected chi connectivity index (χ2v) is 6.50. The second kappa shape index (κ2) is 7.70. The first-order chi connectivity index (χ1) is 12.5. The van der Waals surface area contributed by atoms with Crippen molar-refractivity contribution < 1.29 is 19.4 Å². The Labute approximate surface area is 152 Å². The van der Waals surface area contributed by atoms with E-state index in [0.717, 1.165) is 48.2 Å². The summed E-state index contributed by atoms with van der Waals surface area (Å²) < 4.78 is 6.70. The average molecular weight is 357 g/mol. The standard InChI is InChI=1S/C19H23N3O4/c1-12-7-9-13(10-8-12)22-15-6-4-3-5-14(15)17(21-22)18(23)20-11-16(26-2)19(24)25/h7-10,16H,3-6,11H2,1-2H3,(H,20,23)(H,24,25). The van der Waals surface area contributed by atoms with Crippen LogP contribution < -0.4 is 5.32 Å². The van der Waals surface area contributed by atoms with Crippen molar-refractivity contribution in [3.05, 3.63) is 46.8 Å². The molecule has 1 aromatic heterocycles. The number of carbonyl (C=O) groups is 2. The van der Waals surface area contributed by atoms with Gasteiger partial charge in [-0.25, -0.2) is 9.48 Å². The molecule has 3 rings (SSSR count). The molecule has 1 unspecified atom stereocenters. The molecule has 0 bridgehead atoms. The average Bonchev–Trinajstić information content (AvgIpc) is 3.02. The first-order valence-corrected chi connectivity index (χ1v) is 8.73. The highest BCUT2D eigenvalue weighted by Gasteiger charge is 2.26. The fraction of sp³-hybridized carbons (Fsp3) is 0.421. The molecule has 1 amide bonds. The summed E-state index contributed by atoms with van der Waals surface area (Å²) >= 11 is 0. The molecule has 7 heteroatoms. The van der Waals surface area contributed by atoms with Gasteiger partial charge in [-0.15, -0.1) is 0 Å². The van der Waals surface area contributed by atoms with Gasteiger partial charge in [0.15, 0.2) is 11.8 Å². The van der Waals surface area contributed by atoms with E-state index in [1.807, 2.05) is 35.9 Å². The number of hydrogen-bond acceptors (Lipinski definition) is 4. The number of carboxylic acid groups (broad SMARTS) is 1. The fourth-order valence-corrected chi connectivity index (χ4v) is 3.22. The Kier molecular flexibility index (Phi) is 5.37. The number of aliphatic carboxylic acids is 1. The van der Waals surface area contributed by atoms with Crippen molar-refractivity contribution in [3.8, 4) is 5.69 Å². The number of nitrogens with zero attached hydrogens (tertiary/aromatic N) is 2. The lowest BCUT2D eigenvalue weighted by Gasteiger charge is -2.14. The summed E-state index contributed by atoms with van der Waals surface area (Å²) in [5.74, 6) is -1.47. The molecule has 0 saturated heterocycles. The number of rotatable bonds is 6. The molecule has 2 aromatic rings. The minimum absolute atomic E-state index is 0.100. The van der Waals surface area contributed by atoms with Gasteiger partial charge in [-0.2, -0.15) is 5.10 Å². The smallest absolute Gasteiger partial charge is 0.334 e. The van der Waals surface area contributed by atoms with Crippen LogP contribution in [0.2, 0.25) is 0 Å². The molecular weight excluding hydrogens is 334 g/mol. The van der Waals surface area contributed by atoms with Gasteiger partial charge < -0.3 is 15.2 Å². The van der Waals surface area contributed by atoms with Gasteiger partial charge in [-0.3, -0.25) is 4.79 Å². The van der Waals surface area contributed by atoms with E-state index in [-0.39, 0.29) is 12.5 Å². The van der Waals surface area contributed by atoms with Crippen LogP contribution in [0.15, 0.2) is 24.3 Å². The van der Waals surface area contributed by atoms with Gasteiger partial charge in [0.25, 0.3) is 5.91 Å². The highest BCUT2D eigenvalue weighted by Crippen LogP contribution is 2.27. The molecule has 26 heavy (non-hydrogen) atoms.